The van der Waals surface area contributed by atoms with E-state index >= 15 is 0 Å². The fraction of sp³-hybridized carbons (Fsp3) is 0.200. The molecule has 0 aliphatic carbocycles. The maximum absolute atomic E-state index is 12.5. The SMILES string of the molecule is Cn1c(N2CCC=C(c3c(Cl)cccc3Cl)C2)nc(-c2ccncn2)cc1=O. The number of nitrogens with zero attached hydrogens (tertiary/aromatic N) is 5. The molecule has 142 valence electrons. The van der Waals surface area contributed by atoms with E-state index in [1.165, 1.54) is 12.4 Å². The first-order valence-corrected chi connectivity index (χ1v) is 9.53. The highest BCUT2D eigenvalue weighted by molar-refractivity contribution is 6.37. The van der Waals surface area contributed by atoms with Gasteiger partial charge in [0.2, 0.25) is 5.95 Å². The maximum atomic E-state index is 12.5. The van der Waals surface area contributed by atoms with Crippen molar-refractivity contribution in [3.05, 3.63) is 74.9 Å². The summed E-state index contributed by atoms with van der Waals surface area (Å²) in [6.45, 7) is 1.29. The summed E-state index contributed by atoms with van der Waals surface area (Å²) >= 11 is 12.8. The Morgan fingerprint density at radius 2 is 1.89 bits per heavy atom. The number of hydrogen-bond donors (Lipinski definition) is 0. The van der Waals surface area contributed by atoms with Crippen LogP contribution in [-0.2, 0) is 7.05 Å². The zero-order valence-corrected chi connectivity index (χ0v) is 16.7. The second-order valence-corrected chi connectivity index (χ2v) is 7.28. The normalized spacial score (nSPS) is 14.1. The zero-order valence-electron chi connectivity index (χ0n) is 15.1. The van der Waals surface area contributed by atoms with Crippen LogP contribution in [0.4, 0.5) is 5.95 Å². The topological polar surface area (TPSA) is 63.9 Å². The monoisotopic (exact) mass is 413 g/mol. The third-order valence-electron chi connectivity index (χ3n) is 4.67. The fourth-order valence-electron chi connectivity index (χ4n) is 3.28. The van der Waals surface area contributed by atoms with Gasteiger partial charge in [0.1, 0.15) is 6.33 Å². The molecule has 28 heavy (non-hydrogen) atoms. The van der Waals surface area contributed by atoms with Gasteiger partial charge in [-0.05, 0) is 30.2 Å². The van der Waals surface area contributed by atoms with Crippen LogP contribution in [0.1, 0.15) is 12.0 Å². The number of aromatic nitrogens is 4. The molecule has 3 aromatic rings. The maximum Gasteiger partial charge on any atom is 0.255 e. The van der Waals surface area contributed by atoms with Crippen LogP contribution in [0.15, 0.2) is 53.7 Å². The number of benzene rings is 1. The molecule has 0 saturated carbocycles. The van der Waals surface area contributed by atoms with E-state index in [1.807, 2.05) is 18.2 Å². The number of anilines is 1. The quantitative estimate of drug-likeness (QED) is 0.652. The number of rotatable bonds is 3. The summed E-state index contributed by atoms with van der Waals surface area (Å²) in [5.74, 6) is 0.579. The van der Waals surface area contributed by atoms with Crippen molar-refractivity contribution in [3.8, 4) is 11.4 Å². The first-order valence-electron chi connectivity index (χ1n) is 8.77. The Morgan fingerprint density at radius 3 is 2.61 bits per heavy atom. The molecule has 0 unspecified atom stereocenters. The predicted octanol–water partition coefficient (Wildman–Crippen LogP) is 3.84. The molecule has 1 aromatic carbocycles. The van der Waals surface area contributed by atoms with E-state index in [0.29, 0.717) is 33.9 Å². The van der Waals surface area contributed by atoms with Crippen molar-refractivity contribution in [1.29, 1.82) is 0 Å². The Kier molecular flexibility index (Phi) is 5.15. The Bertz CT molecular complexity index is 1090. The van der Waals surface area contributed by atoms with E-state index in [2.05, 4.69) is 20.9 Å². The molecule has 8 heteroatoms. The largest absolute Gasteiger partial charge is 0.338 e. The van der Waals surface area contributed by atoms with Crippen molar-refractivity contribution in [2.75, 3.05) is 18.0 Å². The molecule has 0 bridgehead atoms. The van der Waals surface area contributed by atoms with E-state index in [9.17, 15) is 4.79 Å². The first kappa shape index (κ1) is 18.7. The summed E-state index contributed by atoms with van der Waals surface area (Å²) in [6, 6.07) is 8.69. The van der Waals surface area contributed by atoms with Crippen LogP contribution in [0.2, 0.25) is 10.0 Å². The zero-order chi connectivity index (χ0) is 19.7. The molecule has 0 atom stereocenters. The summed E-state index contributed by atoms with van der Waals surface area (Å²) in [4.78, 5) is 27.4. The molecule has 0 N–H and O–H groups in total. The highest BCUT2D eigenvalue weighted by Crippen LogP contribution is 2.34. The van der Waals surface area contributed by atoms with Gasteiger partial charge in [0.15, 0.2) is 0 Å². The Morgan fingerprint density at radius 1 is 1.11 bits per heavy atom. The molecule has 0 spiro atoms. The highest BCUT2D eigenvalue weighted by atomic mass is 35.5. The molecule has 0 amide bonds. The molecule has 1 aliphatic rings. The lowest BCUT2D eigenvalue weighted by molar-refractivity contribution is 0.726. The lowest BCUT2D eigenvalue weighted by Gasteiger charge is -2.30. The molecule has 1 aliphatic heterocycles. The van der Waals surface area contributed by atoms with Gasteiger partial charge in [0, 0.05) is 48.0 Å². The minimum atomic E-state index is -0.148. The van der Waals surface area contributed by atoms with Gasteiger partial charge in [0.05, 0.1) is 11.4 Å². The smallest absolute Gasteiger partial charge is 0.255 e. The number of halogens is 2. The van der Waals surface area contributed by atoms with E-state index in [0.717, 1.165) is 24.1 Å². The van der Waals surface area contributed by atoms with E-state index in [4.69, 9.17) is 28.2 Å². The van der Waals surface area contributed by atoms with Crippen LogP contribution in [0.3, 0.4) is 0 Å². The third kappa shape index (κ3) is 3.53. The summed E-state index contributed by atoms with van der Waals surface area (Å²) in [5, 5.41) is 1.22. The number of hydrogen-bond acceptors (Lipinski definition) is 5. The Hall–Kier alpha value is -2.70. The average Bonchev–Trinajstić information content (AvgIpc) is 2.71. The molecule has 0 saturated heterocycles. The molecular formula is C20H17Cl2N5O. The Balaban J connectivity index is 1.73. The first-order chi connectivity index (χ1) is 13.5. The van der Waals surface area contributed by atoms with Crippen LogP contribution in [-0.4, -0.2) is 32.6 Å². The van der Waals surface area contributed by atoms with Crippen LogP contribution in [0, 0.1) is 0 Å². The van der Waals surface area contributed by atoms with Crippen molar-refractivity contribution >= 4 is 34.7 Å². The molecule has 3 heterocycles. The minimum Gasteiger partial charge on any atom is -0.338 e. The average molecular weight is 414 g/mol. The van der Waals surface area contributed by atoms with Crippen molar-refractivity contribution in [2.45, 2.75) is 6.42 Å². The van der Waals surface area contributed by atoms with Crippen LogP contribution in [0.25, 0.3) is 17.0 Å². The lowest BCUT2D eigenvalue weighted by atomic mass is 10.0. The molecule has 0 fully saturated rings. The van der Waals surface area contributed by atoms with Crippen molar-refractivity contribution in [3.63, 3.8) is 0 Å². The van der Waals surface area contributed by atoms with Gasteiger partial charge < -0.3 is 4.90 Å². The van der Waals surface area contributed by atoms with Gasteiger partial charge in [-0.3, -0.25) is 9.36 Å². The fourth-order valence-corrected chi connectivity index (χ4v) is 3.92. The second-order valence-electron chi connectivity index (χ2n) is 6.47. The van der Waals surface area contributed by atoms with E-state index in [-0.39, 0.29) is 5.56 Å². The van der Waals surface area contributed by atoms with Crippen LogP contribution in [0.5, 0.6) is 0 Å². The molecule has 4 rings (SSSR count). The summed E-state index contributed by atoms with van der Waals surface area (Å²) in [7, 11) is 1.72. The minimum absolute atomic E-state index is 0.148. The van der Waals surface area contributed by atoms with Gasteiger partial charge >= 0.3 is 0 Å². The molecule has 6 nitrogen and oxygen atoms in total. The highest BCUT2D eigenvalue weighted by Gasteiger charge is 2.22. The molecule has 2 aromatic heterocycles. The van der Waals surface area contributed by atoms with E-state index < -0.39 is 0 Å². The van der Waals surface area contributed by atoms with Gasteiger partial charge in [0.25, 0.3) is 5.56 Å². The van der Waals surface area contributed by atoms with Gasteiger partial charge in [-0.15, -0.1) is 0 Å². The van der Waals surface area contributed by atoms with Crippen LogP contribution >= 0.6 is 23.2 Å². The molecular weight excluding hydrogens is 397 g/mol. The van der Waals surface area contributed by atoms with Crippen molar-refractivity contribution in [1.82, 2.24) is 19.5 Å². The van der Waals surface area contributed by atoms with Crippen molar-refractivity contribution < 1.29 is 0 Å². The van der Waals surface area contributed by atoms with Gasteiger partial charge in [-0.1, -0.05) is 35.3 Å². The lowest BCUT2D eigenvalue weighted by Crippen LogP contribution is -2.35. The molecule has 0 radical (unpaired) electrons. The summed E-state index contributed by atoms with van der Waals surface area (Å²) in [6.07, 6.45) is 6.00. The standard InChI is InChI=1S/C20H17Cl2N5O/c1-26-18(28)10-17(16-7-8-23-12-24-16)25-20(26)27-9-3-4-13(11-27)19-14(21)5-2-6-15(19)22/h2,4-8,10,12H,3,9,11H2,1H3. The predicted molar refractivity (Wildman–Crippen MR) is 112 cm³/mol. The Labute approximate surface area is 172 Å². The third-order valence-corrected chi connectivity index (χ3v) is 5.30. The summed E-state index contributed by atoms with van der Waals surface area (Å²) < 4.78 is 1.54. The van der Waals surface area contributed by atoms with Gasteiger partial charge in [-0.2, -0.15) is 0 Å². The van der Waals surface area contributed by atoms with Gasteiger partial charge in [-0.25, -0.2) is 15.0 Å². The van der Waals surface area contributed by atoms with Crippen molar-refractivity contribution in [2.24, 2.45) is 7.05 Å². The van der Waals surface area contributed by atoms with Crippen LogP contribution < -0.4 is 10.5 Å². The van der Waals surface area contributed by atoms with E-state index in [1.54, 1.807) is 23.9 Å². The second kappa shape index (κ2) is 7.73. The summed E-state index contributed by atoms with van der Waals surface area (Å²) in [5.41, 5.74) is 2.82.